The van der Waals surface area contributed by atoms with E-state index in [0.29, 0.717) is 29.7 Å². The van der Waals surface area contributed by atoms with Crippen LogP contribution in [0.5, 0.6) is 0 Å². The first-order valence-corrected chi connectivity index (χ1v) is 18.6. The second kappa shape index (κ2) is 12.8. The highest BCUT2D eigenvalue weighted by Gasteiger charge is 2.42. The molecule has 2 aromatic rings. The average Bonchev–Trinajstić information content (AvgIpc) is 3.14. The summed E-state index contributed by atoms with van der Waals surface area (Å²) in [6.45, 7) is 10.8. The van der Waals surface area contributed by atoms with Gasteiger partial charge in [0.2, 0.25) is 0 Å². The number of rotatable bonds is 9. The van der Waals surface area contributed by atoms with Crippen molar-refractivity contribution in [3.8, 4) is 0 Å². The number of hydrogen-bond acceptors (Lipinski definition) is 8. The van der Waals surface area contributed by atoms with E-state index in [4.69, 9.17) is 27.9 Å². The fraction of sp³-hybridized carbons (Fsp3) is 0.571. The third kappa shape index (κ3) is 8.87. The number of nitrogens with zero attached hydrogens (tertiary/aromatic N) is 3. The molecule has 0 aliphatic carbocycles. The summed E-state index contributed by atoms with van der Waals surface area (Å²) >= 11 is 12.4. The summed E-state index contributed by atoms with van der Waals surface area (Å²) in [7, 11) is -5.67. The molecule has 0 aromatic carbocycles. The van der Waals surface area contributed by atoms with Gasteiger partial charge in [-0.25, -0.2) is 29.5 Å². The second-order valence-corrected chi connectivity index (χ2v) is 19.3. The summed E-state index contributed by atoms with van der Waals surface area (Å²) in [6, 6.07) is 5.99. The highest BCUT2D eigenvalue weighted by Crippen LogP contribution is 2.49. The van der Waals surface area contributed by atoms with Crippen LogP contribution in [-0.4, -0.2) is 78.3 Å². The zero-order chi connectivity index (χ0) is 31.7. The zero-order valence-electron chi connectivity index (χ0n) is 25.4. The van der Waals surface area contributed by atoms with E-state index in [2.05, 4.69) is 15.3 Å². The highest BCUT2D eigenvalue weighted by atomic mass is 35.5. The SMILES string of the molecule is CC(C)(C)OC(=O)N1C[C@@H](CCCNc2cccc(S(=O)(=O)NC(=O)c3cc(S(C)(C)C)c(Cl)nc3Cl)n2)CC1(C)C. The molecule has 0 unspecified atom stereocenters. The number of sulfonamides is 1. The molecule has 2 N–H and O–H groups in total. The highest BCUT2D eigenvalue weighted by molar-refractivity contribution is 8.32. The van der Waals surface area contributed by atoms with Crippen LogP contribution in [0.3, 0.4) is 0 Å². The molecule has 0 bridgehead atoms. The third-order valence-electron chi connectivity index (χ3n) is 6.70. The van der Waals surface area contributed by atoms with E-state index in [0.717, 1.165) is 19.3 Å². The van der Waals surface area contributed by atoms with Crippen LogP contribution in [0.1, 0.15) is 64.2 Å². The van der Waals surface area contributed by atoms with E-state index in [1.807, 2.05) is 58.1 Å². The molecule has 1 aliphatic rings. The molecule has 234 valence electrons. The number of carbonyl (C=O) groups excluding carboxylic acids is 2. The maximum absolute atomic E-state index is 13.0. The van der Waals surface area contributed by atoms with Gasteiger partial charge in [-0.1, -0.05) is 29.3 Å². The Bertz CT molecular complexity index is 1440. The van der Waals surface area contributed by atoms with Crippen LogP contribution in [-0.2, 0) is 14.8 Å². The number of nitrogens with one attached hydrogen (secondary N) is 2. The van der Waals surface area contributed by atoms with Gasteiger partial charge in [-0.3, -0.25) is 4.79 Å². The standard InChI is InChI=1S/C28H41Cl2N5O5S2/c1-27(2,3)40-26(37)35-17-18(16-28(35,4)5)11-10-14-31-21-12-9-13-22(32-21)42(38,39)34-25(36)19-15-20(41(6,7)8)24(30)33-23(19)29/h9,12-13,15,18H,10-11,14,16-17H2,1-8H3,(H,31,32)(H,34,36)/t18-/m0/s1. The Balaban J connectivity index is 1.59. The first-order valence-electron chi connectivity index (χ1n) is 13.5. The van der Waals surface area contributed by atoms with E-state index in [1.54, 1.807) is 17.0 Å². The molecule has 1 atom stereocenters. The van der Waals surface area contributed by atoms with Crippen molar-refractivity contribution in [3.05, 3.63) is 40.1 Å². The number of carbonyl (C=O) groups is 2. The van der Waals surface area contributed by atoms with Crippen molar-refractivity contribution >= 4 is 61.1 Å². The first-order chi connectivity index (χ1) is 19.2. The summed E-state index contributed by atoms with van der Waals surface area (Å²) in [5.74, 6) is -0.245. The molecular weight excluding hydrogens is 621 g/mol. The summed E-state index contributed by atoms with van der Waals surface area (Å²) in [4.78, 5) is 36.3. The second-order valence-electron chi connectivity index (χ2n) is 12.8. The minimum Gasteiger partial charge on any atom is -0.444 e. The van der Waals surface area contributed by atoms with Crippen LogP contribution < -0.4 is 10.0 Å². The lowest BCUT2D eigenvalue weighted by molar-refractivity contribution is 0.0130. The van der Waals surface area contributed by atoms with Crippen molar-refractivity contribution in [1.82, 2.24) is 19.6 Å². The lowest BCUT2D eigenvalue weighted by atomic mass is 9.93. The number of halogens is 2. The monoisotopic (exact) mass is 661 g/mol. The fourth-order valence-electron chi connectivity index (χ4n) is 4.76. The average molecular weight is 663 g/mol. The summed E-state index contributed by atoms with van der Waals surface area (Å²) < 4.78 is 33.7. The van der Waals surface area contributed by atoms with Crippen LogP contribution in [0.25, 0.3) is 0 Å². The lowest BCUT2D eigenvalue weighted by Gasteiger charge is -2.33. The van der Waals surface area contributed by atoms with Crippen molar-refractivity contribution in [1.29, 1.82) is 0 Å². The molecule has 10 nitrogen and oxygen atoms in total. The van der Waals surface area contributed by atoms with Gasteiger partial charge in [0.15, 0.2) is 5.03 Å². The van der Waals surface area contributed by atoms with Crippen LogP contribution >= 0.6 is 33.2 Å². The maximum atomic E-state index is 13.0. The minimum atomic E-state index is -4.30. The molecule has 0 spiro atoms. The number of amides is 2. The van der Waals surface area contributed by atoms with Crippen molar-refractivity contribution in [3.63, 3.8) is 0 Å². The van der Waals surface area contributed by atoms with E-state index in [-0.39, 0.29) is 32.5 Å². The van der Waals surface area contributed by atoms with Crippen molar-refractivity contribution in [2.45, 2.75) is 74.9 Å². The van der Waals surface area contributed by atoms with Gasteiger partial charge in [0.25, 0.3) is 15.9 Å². The number of ether oxygens (including phenoxy) is 1. The molecule has 1 fully saturated rings. The molecule has 1 aliphatic heterocycles. The predicted molar refractivity (Wildman–Crippen MR) is 170 cm³/mol. The molecular formula is C28H41Cl2N5O5S2. The smallest absolute Gasteiger partial charge is 0.410 e. The largest absolute Gasteiger partial charge is 0.444 e. The van der Waals surface area contributed by atoms with Crippen molar-refractivity contribution < 1.29 is 22.7 Å². The van der Waals surface area contributed by atoms with Gasteiger partial charge in [-0.2, -0.15) is 8.42 Å². The molecule has 2 amide bonds. The topological polar surface area (TPSA) is 131 Å². The Hall–Kier alpha value is -2.28. The lowest BCUT2D eigenvalue weighted by Crippen LogP contribution is -2.45. The quantitative estimate of drug-likeness (QED) is 0.241. The van der Waals surface area contributed by atoms with Crippen molar-refractivity contribution in [2.75, 3.05) is 37.2 Å². The molecule has 42 heavy (non-hydrogen) atoms. The van der Waals surface area contributed by atoms with Crippen LogP contribution in [0.15, 0.2) is 34.2 Å². The summed E-state index contributed by atoms with van der Waals surface area (Å²) in [5.41, 5.74) is -0.933. The summed E-state index contributed by atoms with van der Waals surface area (Å²) in [6.07, 6.45) is 8.14. The predicted octanol–water partition coefficient (Wildman–Crippen LogP) is 6.18. The van der Waals surface area contributed by atoms with Gasteiger partial charge in [0, 0.05) is 23.5 Å². The number of aromatic nitrogens is 2. The third-order valence-corrected chi connectivity index (χ3v) is 10.2. The van der Waals surface area contributed by atoms with Gasteiger partial charge < -0.3 is 15.0 Å². The van der Waals surface area contributed by atoms with Crippen LogP contribution in [0.4, 0.5) is 10.6 Å². The Morgan fingerprint density at radius 2 is 1.79 bits per heavy atom. The first kappa shape index (κ1) is 34.2. The summed E-state index contributed by atoms with van der Waals surface area (Å²) in [5, 5.41) is 2.83. The van der Waals surface area contributed by atoms with Gasteiger partial charge in [-0.15, -0.1) is 0 Å². The van der Waals surface area contributed by atoms with E-state index >= 15 is 0 Å². The van der Waals surface area contributed by atoms with Gasteiger partial charge >= 0.3 is 6.09 Å². The van der Waals surface area contributed by atoms with Crippen LogP contribution in [0, 0.1) is 5.92 Å². The Kier molecular flexibility index (Phi) is 10.4. The molecule has 3 heterocycles. The van der Waals surface area contributed by atoms with E-state index in [9.17, 15) is 18.0 Å². The Labute approximate surface area is 260 Å². The Morgan fingerprint density at radius 3 is 2.40 bits per heavy atom. The maximum Gasteiger partial charge on any atom is 0.410 e. The molecule has 0 saturated carbocycles. The zero-order valence-corrected chi connectivity index (χ0v) is 28.5. The van der Waals surface area contributed by atoms with Crippen molar-refractivity contribution in [2.24, 2.45) is 5.92 Å². The molecule has 3 rings (SSSR count). The molecule has 0 radical (unpaired) electrons. The molecule has 14 heteroatoms. The Morgan fingerprint density at radius 1 is 1.12 bits per heavy atom. The number of anilines is 1. The molecule has 2 aromatic heterocycles. The normalized spacial score (nSPS) is 17.6. The van der Waals surface area contributed by atoms with Gasteiger partial charge in [0.05, 0.1) is 5.56 Å². The van der Waals surface area contributed by atoms with Gasteiger partial charge in [0.1, 0.15) is 21.7 Å². The number of likely N-dealkylation sites (tertiary alicyclic amines) is 1. The van der Waals surface area contributed by atoms with E-state index < -0.39 is 31.6 Å². The van der Waals surface area contributed by atoms with E-state index in [1.165, 1.54) is 12.1 Å². The molecule has 1 saturated heterocycles. The number of pyridine rings is 2. The fourth-order valence-corrected chi connectivity index (χ4v) is 7.82. The van der Waals surface area contributed by atoms with Crippen LogP contribution in [0.2, 0.25) is 10.3 Å². The minimum absolute atomic E-state index is 0.0864. The van der Waals surface area contributed by atoms with Gasteiger partial charge in [-0.05, 0) is 96.8 Å². The number of hydrogen-bond donors (Lipinski definition) is 2.